The van der Waals surface area contributed by atoms with E-state index >= 15 is 0 Å². The molecule has 0 atom stereocenters. The van der Waals surface area contributed by atoms with Crippen molar-refractivity contribution in [3.63, 3.8) is 0 Å². The van der Waals surface area contributed by atoms with Gasteiger partial charge in [-0.2, -0.15) is 0 Å². The van der Waals surface area contributed by atoms with Gasteiger partial charge in [0, 0.05) is 27.2 Å². The Morgan fingerprint density at radius 2 is 2.00 bits per heavy atom. The maximum Gasteiger partial charge on any atom is 0.319 e. The molecule has 0 radical (unpaired) electrons. The normalized spacial score (nSPS) is 21.4. The number of amides is 2. The van der Waals surface area contributed by atoms with Crippen molar-refractivity contribution < 1.29 is 4.79 Å². The number of hydrogen-bond donors (Lipinski definition) is 0. The van der Waals surface area contributed by atoms with E-state index in [-0.39, 0.29) is 6.03 Å². The minimum Gasteiger partial charge on any atom is -0.331 e. The zero-order chi connectivity index (χ0) is 10.1. The maximum absolute atomic E-state index is 11.6. The van der Waals surface area contributed by atoms with Gasteiger partial charge in [0.15, 0.2) is 0 Å². The topological polar surface area (TPSA) is 23.6 Å². The Labute approximate surface area is 80.7 Å². The number of urea groups is 1. The second-order valence-electron chi connectivity index (χ2n) is 4.87. The molecule has 0 unspecified atom stereocenters. The van der Waals surface area contributed by atoms with Gasteiger partial charge in [0.2, 0.25) is 0 Å². The van der Waals surface area contributed by atoms with Gasteiger partial charge in [0.1, 0.15) is 0 Å². The summed E-state index contributed by atoms with van der Waals surface area (Å²) in [5.41, 5.74) is 0.296. The van der Waals surface area contributed by atoms with Gasteiger partial charge in [-0.15, -0.1) is 0 Å². The zero-order valence-electron chi connectivity index (χ0n) is 9.13. The lowest BCUT2D eigenvalue weighted by Gasteiger charge is -2.39. The lowest BCUT2D eigenvalue weighted by atomic mass is 9.84. The van der Waals surface area contributed by atoms with Crippen LogP contribution in [0.25, 0.3) is 0 Å². The molecule has 1 heterocycles. The van der Waals surface area contributed by atoms with Crippen LogP contribution in [0.2, 0.25) is 0 Å². The standard InChI is InChI=1S/C10H20N2O/c1-10(2)6-5-7-12(8-10)9(13)11(3)4/h5-8H2,1-4H3. The number of nitrogens with zero attached hydrogens (tertiary/aromatic N) is 2. The zero-order valence-corrected chi connectivity index (χ0v) is 9.13. The third-order valence-electron chi connectivity index (χ3n) is 2.55. The Balaban J connectivity index is 2.57. The van der Waals surface area contributed by atoms with Crippen LogP contribution in [0.3, 0.4) is 0 Å². The highest BCUT2D eigenvalue weighted by molar-refractivity contribution is 5.73. The molecule has 0 saturated carbocycles. The molecule has 0 aromatic rings. The van der Waals surface area contributed by atoms with E-state index < -0.39 is 0 Å². The highest BCUT2D eigenvalue weighted by Crippen LogP contribution is 2.28. The Kier molecular flexibility index (Phi) is 2.84. The average molecular weight is 184 g/mol. The first-order valence-electron chi connectivity index (χ1n) is 4.89. The lowest BCUT2D eigenvalue weighted by molar-refractivity contribution is 0.113. The smallest absolute Gasteiger partial charge is 0.319 e. The van der Waals surface area contributed by atoms with Crippen LogP contribution in [0, 0.1) is 5.41 Å². The number of likely N-dealkylation sites (tertiary alicyclic amines) is 1. The minimum absolute atomic E-state index is 0.146. The first-order valence-corrected chi connectivity index (χ1v) is 4.89. The molecular formula is C10H20N2O. The summed E-state index contributed by atoms with van der Waals surface area (Å²) in [5, 5.41) is 0. The van der Waals surface area contributed by atoms with Crippen molar-refractivity contribution in [2.75, 3.05) is 27.2 Å². The summed E-state index contributed by atoms with van der Waals surface area (Å²) in [6.45, 7) is 6.26. The predicted octanol–water partition coefficient (Wildman–Crippen LogP) is 1.79. The molecule has 1 fully saturated rings. The van der Waals surface area contributed by atoms with Crippen molar-refractivity contribution >= 4 is 6.03 Å². The van der Waals surface area contributed by atoms with Crippen molar-refractivity contribution in [3.05, 3.63) is 0 Å². The summed E-state index contributed by atoms with van der Waals surface area (Å²) in [5.74, 6) is 0. The Morgan fingerprint density at radius 3 is 2.46 bits per heavy atom. The van der Waals surface area contributed by atoms with Crippen molar-refractivity contribution in [1.82, 2.24) is 9.80 Å². The summed E-state index contributed by atoms with van der Waals surface area (Å²) in [6, 6.07) is 0.146. The van der Waals surface area contributed by atoms with Gasteiger partial charge in [-0.05, 0) is 18.3 Å². The van der Waals surface area contributed by atoms with Crippen LogP contribution in [0.5, 0.6) is 0 Å². The molecular weight excluding hydrogens is 164 g/mol. The van der Waals surface area contributed by atoms with Crippen molar-refractivity contribution in [2.45, 2.75) is 26.7 Å². The molecule has 1 saturated heterocycles. The fourth-order valence-electron chi connectivity index (χ4n) is 1.87. The molecule has 1 aliphatic rings. The van der Waals surface area contributed by atoms with E-state index in [4.69, 9.17) is 0 Å². The summed E-state index contributed by atoms with van der Waals surface area (Å²) < 4.78 is 0. The first-order chi connectivity index (χ1) is 5.92. The van der Waals surface area contributed by atoms with Gasteiger partial charge >= 0.3 is 6.03 Å². The highest BCUT2D eigenvalue weighted by Gasteiger charge is 2.29. The van der Waals surface area contributed by atoms with Crippen LogP contribution < -0.4 is 0 Å². The van der Waals surface area contributed by atoms with Crippen LogP contribution in [-0.2, 0) is 0 Å². The van der Waals surface area contributed by atoms with Crippen molar-refractivity contribution in [1.29, 1.82) is 0 Å². The number of hydrogen-bond acceptors (Lipinski definition) is 1. The van der Waals surface area contributed by atoms with E-state index in [1.54, 1.807) is 4.90 Å². The van der Waals surface area contributed by atoms with E-state index in [9.17, 15) is 4.79 Å². The van der Waals surface area contributed by atoms with Gasteiger partial charge in [0.25, 0.3) is 0 Å². The van der Waals surface area contributed by atoms with Gasteiger partial charge in [-0.3, -0.25) is 0 Å². The summed E-state index contributed by atoms with van der Waals surface area (Å²) in [7, 11) is 3.62. The van der Waals surface area contributed by atoms with Crippen molar-refractivity contribution in [3.8, 4) is 0 Å². The quantitative estimate of drug-likeness (QED) is 0.563. The Hall–Kier alpha value is -0.730. The van der Waals surface area contributed by atoms with E-state index in [0.717, 1.165) is 19.5 Å². The maximum atomic E-state index is 11.6. The summed E-state index contributed by atoms with van der Waals surface area (Å²) in [6.07, 6.45) is 2.36. The third kappa shape index (κ3) is 2.61. The van der Waals surface area contributed by atoms with E-state index in [1.807, 2.05) is 19.0 Å². The number of rotatable bonds is 0. The molecule has 1 aliphatic heterocycles. The Morgan fingerprint density at radius 1 is 1.38 bits per heavy atom. The molecule has 13 heavy (non-hydrogen) atoms. The molecule has 1 rings (SSSR count). The van der Waals surface area contributed by atoms with E-state index in [1.165, 1.54) is 6.42 Å². The molecule has 2 amide bonds. The van der Waals surface area contributed by atoms with E-state index in [0.29, 0.717) is 5.41 Å². The van der Waals surface area contributed by atoms with Crippen LogP contribution in [0.1, 0.15) is 26.7 Å². The second-order valence-corrected chi connectivity index (χ2v) is 4.87. The predicted molar refractivity (Wildman–Crippen MR) is 53.7 cm³/mol. The fourth-order valence-corrected chi connectivity index (χ4v) is 1.87. The molecule has 0 aromatic heterocycles. The molecule has 0 N–H and O–H groups in total. The molecule has 0 aromatic carbocycles. The Bertz CT molecular complexity index is 199. The number of carbonyl (C=O) groups is 1. The summed E-state index contributed by atoms with van der Waals surface area (Å²) >= 11 is 0. The van der Waals surface area contributed by atoms with E-state index in [2.05, 4.69) is 13.8 Å². The molecule has 3 heteroatoms. The van der Waals surface area contributed by atoms with Gasteiger partial charge in [-0.25, -0.2) is 4.79 Å². The van der Waals surface area contributed by atoms with Crippen LogP contribution >= 0.6 is 0 Å². The number of carbonyl (C=O) groups excluding carboxylic acids is 1. The summed E-state index contributed by atoms with van der Waals surface area (Å²) in [4.78, 5) is 15.2. The first kappa shape index (κ1) is 10.4. The van der Waals surface area contributed by atoms with Gasteiger partial charge in [0.05, 0.1) is 0 Å². The SMILES string of the molecule is CN(C)C(=O)N1CCCC(C)(C)C1. The van der Waals surface area contributed by atoms with Crippen molar-refractivity contribution in [2.24, 2.45) is 5.41 Å². The fraction of sp³-hybridized carbons (Fsp3) is 0.900. The minimum atomic E-state index is 0.146. The van der Waals surface area contributed by atoms with Gasteiger partial charge in [-0.1, -0.05) is 13.8 Å². The van der Waals surface area contributed by atoms with Gasteiger partial charge < -0.3 is 9.80 Å². The van der Waals surface area contributed by atoms with Crippen LogP contribution in [0.15, 0.2) is 0 Å². The monoisotopic (exact) mass is 184 g/mol. The second kappa shape index (κ2) is 3.56. The average Bonchev–Trinajstić information content (AvgIpc) is 2.01. The highest BCUT2D eigenvalue weighted by atomic mass is 16.2. The van der Waals surface area contributed by atoms with Crippen LogP contribution in [-0.4, -0.2) is 43.0 Å². The molecule has 0 bridgehead atoms. The molecule has 0 spiro atoms. The molecule has 76 valence electrons. The molecule has 3 nitrogen and oxygen atoms in total. The number of piperidine rings is 1. The molecule has 0 aliphatic carbocycles. The lowest BCUT2D eigenvalue weighted by Crippen LogP contribution is -2.47. The third-order valence-corrected chi connectivity index (χ3v) is 2.55. The van der Waals surface area contributed by atoms with Crippen LogP contribution in [0.4, 0.5) is 4.79 Å². The largest absolute Gasteiger partial charge is 0.331 e.